The molecule has 1 aromatic rings. The number of halogens is 1. The lowest BCUT2D eigenvalue weighted by atomic mass is 9.86. The van der Waals surface area contributed by atoms with Gasteiger partial charge in [-0.25, -0.2) is 4.79 Å². The van der Waals surface area contributed by atoms with Crippen molar-refractivity contribution in [3.8, 4) is 0 Å². The van der Waals surface area contributed by atoms with E-state index >= 15 is 0 Å². The molecule has 2 atom stereocenters. The minimum Gasteiger partial charge on any atom is -0.464 e. The predicted molar refractivity (Wildman–Crippen MR) is 85.6 cm³/mol. The van der Waals surface area contributed by atoms with Crippen LogP contribution in [0, 0.1) is 0 Å². The van der Waals surface area contributed by atoms with Crippen LogP contribution in [0.3, 0.4) is 0 Å². The Morgan fingerprint density at radius 3 is 2.60 bits per heavy atom. The zero-order valence-corrected chi connectivity index (χ0v) is 14.3. The van der Waals surface area contributed by atoms with Crippen molar-refractivity contribution in [2.24, 2.45) is 0 Å². The fourth-order valence-electron chi connectivity index (χ4n) is 2.24. The van der Waals surface area contributed by atoms with Gasteiger partial charge in [0.1, 0.15) is 5.54 Å². The average molecular weight is 342 g/mol. The van der Waals surface area contributed by atoms with Crippen molar-refractivity contribution < 1.29 is 9.53 Å². The zero-order chi connectivity index (χ0) is 15.2. The third-order valence-electron chi connectivity index (χ3n) is 3.58. The van der Waals surface area contributed by atoms with Crippen LogP contribution in [0.1, 0.15) is 46.1 Å². The third-order valence-corrected chi connectivity index (χ3v) is 4.07. The Balaban J connectivity index is 3.26. The SMILES string of the molecule is CCOC(=O)C(CC)(NC(C)CC)c1cccc(Br)c1. The molecule has 0 bridgehead atoms. The van der Waals surface area contributed by atoms with E-state index in [1.807, 2.05) is 38.1 Å². The van der Waals surface area contributed by atoms with Crippen LogP contribution in [0.2, 0.25) is 0 Å². The second-order valence-corrected chi connectivity index (χ2v) is 5.86. The molecule has 0 heterocycles. The van der Waals surface area contributed by atoms with Crippen LogP contribution < -0.4 is 5.32 Å². The highest BCUT2D eigenvalue weighted by Crippen LogP contribution is 2.30. The monoisotopic (exact) mass is 341 g/mol. The lowest BCUT2D eigenvalue weighted by Crippen LogP contribution is -2.53. The maximum atomic E-state index is 12.6. The standard InChI is InChI=1S/C16H24BrNO2/c1-5-12(4)18-16(6-2,15(19)20-7-3)13-9-8-10-14(17)11-13/h8-12,18H,5-7H2,1-4H3. The van der Waals surface area contributed by atoms with Crippen LogP contribution in [-0.4, -0.2) is 18.6 Å². The number of carbonyl (C=O) groups is 1. The van der Waals surface area contributed by atoms with Crippen molar-refractivity contribution in [2.75, 3.05) is 6.61 Å². The largest absolute Gasteiger partial charge is 0.464 e. The molecular formula is C16H24BrNO2. The summed E-state index contributed by atoms with van der Waals surface area (Å²) < 4.78 is 6.28. The molecular weight excluding hydrogens is 318 g/mol. The second-order valence-electron chi connectivity index (χ2n) is 4.94. The van der Waals surface area contributed by atoms with Gasteiger partial charge in [0.2, 0.25) is 0 Å². The molecule has 20 heavy (non-hydrogen) atoms. The quantitative estimate of drug-likeness (QED) is 0.761. The topological polar surface area (TPSA) is 38.3 Å². The molecule has 1 rings (SSSR count). The van der Waals surface area contributed by atoms with Crippen molar-refractivity contribution in [3.05, 3.63) is 34.3 Å². The highest BCUT2D eigenvalue weighted by molar-refractivity contribution is 9.10. The Hall–Kier alpha value is -0.870. The summed E-state index contributed by atoms with van der Waals surface area (Å²) in [5.74, 6) is -0.207. The molecule has 0 saturated heterocycles. The van der Waals surface area contributed by atoms with Crippen LogP contribution in [-0.2, 0) is 15.1 Å². The number of hydrogen-bond donors (Lipinski definition) is 1. The van der Waals surface area contributed by atoms with Gasteiger partial charge in [-0.2, -0.15) is 0 Å². The number of rotatable bonds is 7. The Bertz CT molecular complexity index is 450. The molecule has 0 spiro atoms. The normalized spacial score (nSPS) is 15.4. The van der Waals surface area contributed by atoms with Gasteiger partial charge in [-0.3, -0.25) is 5.32 Å². The van der Waals surface area contributed by atoms with Crippen molar-refractivity contribution >= 4 is 21.9 Å². The number of benzene rings is 1. The molecule has 0 aliphatic carbocycles. The number of ether oxygens (including phenoxy) is 1. The van der Waals surface area contributed by atoms with Crippen molar-refractivity contribution in [2.45, 2.75) is 52.1 Å². The smallest absolute Gasteiger partial charge is 0.330 e. The molecule has 1 aromatic carbocycles. The Kier molecular flexibility index (Phi) is 6.69. The van der Waals surface area contributed by atoms with Crippen LogP contribution >= 0.6 is 15.9 Å². The van der Waals surface area contributed by atoms with Gasteiger partial charge in [0.25, 0.3) is 0 Å². The molecule has 0 aliphatic rings. The van der Waals surface area contributed by atoms with E-state index in [2.05, 4.69) is 35.1 Å². The van der Waals surface area contributed by atoms with E-state index in [0.29, 0.717) is 13.0 Å². The van der Waals surface area contributed by atoms with Gasteiger partial charge in [0, 0.05) is 10.5 Å². The minimum absolute atomic E-state index is 0.207. The molecule has 0 amide bonds. The molecule has 0 aromatic heterocycles. The van der Waals surface area contributed by atoms with E-state index in [0.717, 1.165) is 16.5 Å². The second kappa shape index (κ2) is 7.79. The van der Waals surface area contributed by atoms with Crippen molar-refractivity contribution in [3.63, 3.8) is 0 Å². The molecule has 2 unspecified atom stereocenters. The Morgan fingerprint density at radius 1 is 1.40 bits per heavy atom. The summed E-state index contributed by atoms with van der Waals surface area (Å²) in [4.78, 5) is 12.6. The van der Waals surface area contributed by atoms with Gasteiger partial charge in [0.05, 0.1) is 6.61 Å². The van der Waals surface area contributed by atoms with Gasteiger partial charge < -0.3 is 4.74 Å². The van der Waals surface area contributed by atoms with Crippen LogP contribution in [0.15, 0.2) is 28.7 Å². The first kappa shape index (κ1) is 17.2. The summed E-state index contributed by atoms with van der Waals surface area (Å²) in [6, 6.07) is 8.09. The summed E-state index contributed by atoms with van der Waals surface area (Å²) in [5.41, 5.74) is 0.156. The summed E-state index contributed by atoms with van der Waals surface area (Å²) in [7, 11) is 0. The zero-order valence-electron chi connectivity index (χ0n) is 12.7. The van der Waals surface area contributed by atoms with Gasteiger partial charge in [-0.15, -0.1) is 0 Å². The molecule has 3 nitrogen and oxygen atoms in total. The average Bonchev–Trinajstić information content (AvgIpc) is 2.44. The Labute approximate surface area is 130 Å². The molecule has 0 aliphatic heterocycles. The molecule has 0 saturated carbocycles. The van der Waals surface area contributed by atoms with Crippen molar-refractivity contribution in [1.82, 2.24) is 5.32 Å². The molecule has 1 N–H and O–H groups in total. The highest BCUT2D eigenvalue weighted by Gasteiger charge is 2.40. The minimum atomic E-state index is -0.783. The van der Waals surface area contributed by atoms with E-state index in [-0.39, 0.29) is 12.0 Å². The maximum Gasteiger partial charge on any atom is 0.330 e. The van der Waals surface area contributed by atoms with Gasteiger partial charge in [-0.05, 0) is 44.4 Å². The number of esters is 1. The molecule has 0 fully saturated rings. The summed E-state index contributed by atoms with van der Waals surface area (Å²) >= 11 is 3.48. The summed E-state index contributed by atoms with van der Waals surface area (Å²) in [5, 5.41) is 3.46. The first-order valence-corrected chi connectivity index (χ1v) is 8.00. The first-order valence-electron chi connectivity index (χ1n) is 7.21. The van der Waals surface area contributed by atoms with Crippen LogP contribution in [0.5, 0.6) is 0 Å². The maximum absolute atomic E-state index is 12.6. The summed E-state index contributed by atoms with van der Waals surface area (Å²) in [6.07, 6.45) is 1.60. The molecule has 0 radical (unpaired) electrons. The van der Waals surface area contributed by atoms with Crippen LogP contribution in [0.25, 0.3) is 0 Å². The molecule has 112 valence electrons. The number of carbonyl (C=O) groups excluding carboxylic acids is 1. The van der Waals surface area contributed by atoms with E-state index < -0.39 is 5.54 Å². The fraction of sp³-hybridized carbons (Fsp3) is 0.562. The third kappa shape index (κ3) is 3.83. The van der Waals surface area contributed by atoms with Gasteiger partial charge in [0.15, 0.2) is 0 Å². The van der Waals surface area contributed by atoms with Crippen molar-refractivity contribution in [1.29, 1.82) is 0 Å². The first-order chi connectivity index (χ1) is 9.50. The summed E-state index contributed by atoms with van der Waals surface area (Å²) in [6.45, 7) is 8.41. The number of hydrogen-bond acceptors (Lipinski definition) is 3. The van der Waals surface area contributed by atoms with E-state index in [1.54, 1.807) is 0 Å². The fourth-order valence-corrected chi connectivity index (χ4v) is 2.64. The predicted octanol–water partition coefficient (Wildman–Crippen LogP) is 4.01. The molecule has 4 heteroatoms. The van der Waals surface area contributed by atoms with Crippen LogP contribution in [0.4, 0.5) is 0 Å². The van der Waals surface area contributed by atoms with E-state index in [9.17, 15) is 4.79 Å². The highest BCUT2D eigenvalue weighted by atomic mass is 79.9. The lowest BCUT2D eigenvalue weighted by molar-refractivity contribution is -0.152. The van der Waals surface area contributed by atoms with Gasteiger partial charge in [-0.1, -0.05) is 41.9 Å². The Morgan fingerprint density at radius 2 is 2.10 bits per heavy atom. The van der Waals surface area contributed by atoms with E-state index in [1.165, 1.54) is 0 Å². The number of nitrogens with one attached hydrogen (secondary N) is 1. The lowest BCUT2D eigenvalue weighted by Gasteiger charge is -2.34. The van der Waals surface area contributed by atoms with Gasteiger partial charge >= 0.3 is 5.97 Å². The van der Waals surface area contributed by atoms with E-state index in [4.69, 9.17) is 4.74 Å².